The van der Waals surface area contributed by atoms with Crippen LogP contribution in [0.2, 0.25) is 0 Å². The predicted molar refractivity (Wildman–Crippen MR) is 139 cm³/mol. The third-order valence-corrected chi connectivity index (χ3v) is 7.00. The Morgan fingerprint density at radius 1 is 0.861 bits per heavy atom. The Kier molecular flexibility index (Phi) is 5.10. The Labute approximate surface area is 207 Å². The van der Waals surface area contributed by atoms with E-state index in [9.17, 15) is 0 Å². The van der Waals surface area contributed by atoms with E-state index in [1.54, 1.807) is 18.7 Å². The first-order valence-corrected chi connectivity index (χ1v) is 12.3. The van der Waals surface area contributed by atoms with Crippen molar-refractivity contribution in [1.82, 2.24) is 35.0 Å². The first kappa shape index (κ1) is 21.0. The molecule has 1 saturated heterocycles. The Balaban J connectivity index is 1.26. The molecule has 8 heteroatoms. The number of furan rings is 1. The summed E-state index contributed by atoms with van der Waals surface area (Å²) < 4.78 is 5.27. The van der Waals surface area contributed by atoms with Crippen LogP contribution in [0.1, 0.15) is 24.8 Å². The molecule has 0 atom stereocenters. The van der Waals surface area contributed by atoms with Crippen molar-refractivity contribution in [2.45, 2.75) is 25.8 Å². The number of aromatic nitrogens is 6. The third-order valence-electron chi connectivity index (χ3n) is 7.00. The van der Waals surface area contributed by atoms with Crippen LogP contribution in [0.4, 0.5) is 0 Å². The molecule has 0 bridgehead atoms. The fraction of sp³-hybridized carbons (Fsp3) is 0.214. The summed E-state index contributed by atoms with van der Waals surface area (Å²) in [6.45, 7) is 3.29. The molecule has 0 spiro atoms. The van der Waals surface area contributed by atoms with Crippen molar-refractivity contribution in [2.75, 3.05) is 13.1 Å². The molecular formula is C28H25N7O. The number of fused-ring (bicyclic) bond motifs is 2. The van der Waals surface area contributed by atoms with Gasteiger partial charge in [0.15, 0.2) is 5.82 Å². The lowest BCUT2D eigenvalue weighted by Crippen LogP contribution is -2.29. The number of likely N-dealkylation sites (tertiary alicyclic amines) is 1. The highest BCUT2D eigenvalue weighted by molar-refractivity contribution is 5.97. The van der Waals surface area contributed by atoms with Crippen molar-refractivity contribution < 1.29 is 4.42 Å². The van der Waals surface area contributed by atoms with Crippen LogP contribution in [-0.2, 0) is 6.54 Å². The van der Waals surface area contributed by atoms with Crippen LogP contribution in [-0.4, -0.2) is 48.1 Å². The number of piperidine rings is 1. The highest BCUT2D eigenvalue weighted by Crippen LogP contribution is 2.33. The standard InChI is InChI=1S/C28H25N7O/c1-2-7-35(8-3-1)16-18-10-21(13-29-12-18)19-4-5-24-22(11-19)27(34-33-24)28-31-25-15-30-14-23(26(25)32-28)20-6-9-36-17-20/h4-6,9-15,17H,1-3,7-8,16H2,(H,31,32)(H,33,34). The van der Waals surface area contributed by atoms with Crippen molar-refractivity contribution in [1.29, 1.82) is 0 Å². The van der Waals surface area contributed by atoms with E-state index >= 15 is 0 Å². The van der Waals surface area contributed by atoms with E-state index in [4.69, 9.17) is 9.40 Å². The fourth-order valence-electron chi connectivity index (χ4n) is 5.16. The lowest BCUT2D eigenvalue weighted by atomic mass is 10.0. The largest absolute Gasteiger partial charge is 0.472 e. The SMILES string of the molecule is c1cc(-c2cncc3[nH]c(-c4n[nH]c5ccc(-c6cncc(CN7CCCCC7)c6)cc45)nc23)co1. The molecule has 7 rings (SSSR count). The summed E-state index contributed by atoms with van der Waals surface area (Å²) in [5.74, 6) is 0.697. The summed E-state index contributed by atoms with van der Waals surface area (Å²) in [4.78, 5) is 19.8. The van der Waals surface area contributed by atoms with Gasteiger partial charge in [0.1, 0.15) is 11.2 Å². The molecule has 0 amide bonds. The zero-order chi connectivity index (χ0) is 23.9. The normalized spacial score (nSPS) is 14.7. The van der Waals surface area contributed by atoms with E-state index in [-0.39, 0.29) is 0 Å². The molecule has 1 aliphatic rings. The summed E-state index contributed by atoms with van der Waals surface area (Å²) in [6, 6.07) is 10.5. The van der Waals surface area contributed by atoms with Gasteiger partial charge < -0.3 is 9.40 Å². The van der Waals surface area contributed by atoms with Crippen molar-refractivity contribution >= 4 is 21.9 Å². The lowest BCUT2D eigenvalue weighted by Gasteiger charge is -2.26. The topological polar surface area (TPSA) is 99.5 Å². The summed E-state index contributed by atoms with van der Waals surface area (Å²) in [5, 5.41) is 8.76. The second-order valence-electron chi connectivity index (χ2n) is 9.43. The van der Waals surface area contributed by atoms with Gasteiger partial charge in [0.2, 0.25) is 0 Å². The third kappa shape index (κ3) is 3.76. The minimum atomic E-state index is 0.697. The van der Waals surface area contributed by atoms with Gasteiger partial charge >= 0.3 is 0 Å². The Hall–Kier alpha value is -4.30. The van der Waals surface area contributed by atoms with E-state index in [0.717, 1.165) is 56.4 Å². The average Bonchev–Trinajstić information content (AvgIpc) is 3.68. The highest BCUT2D eigenvalue weighted by atomic mass is 16.3. The number of aromatic amines is 2. The molecule has 6 heterocycles. The van der Waals surface area contributed by atoms with Crippen LogP contribution in [0.5, 0.6) is 0 Å². The van der Waals surface area contributed by atoms with Gasteiger partial charge in [-0.15, -0.1) is 0 Å². The molecule has 5 aromatic heterocycles. The van der Waals surface area contributed by atoms with E-state index in [1.165, 1.54) is 37.9 Å². The Morgan fingerprint density at radius 3 is 2.67 bits per heavy atom. The summed E-state index contributed by atoms with van der Waals surface area (Å²) in [5.41, 5.74) is 8.74. The van der Waals surface area contributed by atoms with Gasteiger partial charge in [-0.05, 0) is 61.3 Å². The second kappa shape index (κ2) is 8.73. The molecular weight excluding hydrogens is 450 g/mol. The van der Waals surface area contributed by atoms with Gasteiger partial charge in [-0.1, -0.05) is 12.5 Å². The summed E-state index contributed by atoms with van der Waals surface area (Å²) in [7, 11) is 0. The number of rotatable bonds is 5. The van der Waals surface area contributed by atoms with Gasteiger partial charge in [-0.3, -0.25) is 20.0 Å². The number of imidazole rings is 1. The molecule has 0 radical (unpaired) electrons. The molecule has 1 fully saturated rings. The number of H-pyrrole nitrogens is 2. The fourth-order valence-corrected chi connectivity index (χ4v) is 5.16. The molecule has 1 aliphatic heterocycles. The number of pyridine rings is 2. The molecule has 1 aromatic carbocycles. The smallest absolute Gasteiger partial charge is 0.159 e. The first-order chi connectivity index (χ1) is 17.8. The van der Waals surface area contributed by atoms with E-state index in [2.05, 4.69) is 54.3 Å². The minimum Gasteiger partial charge on any atom is -0.472 e. The average molecular weight is 476 g/mol. The van der Waals surface area contributed by atoms with Crippen LogP contribution < -0.4 is 0 Å². The zero-order valence-electron chi connectivity index (χ0n) is 19.7. The molecule has 2 N–H and O–H groups in total. The van der Waals surface area contributed by atoms with E-state index in [1.807, 2.05) is 24.7 Å². The van der Waals surface area contributed by atoms with Crippen LogP contribution in [0.3, 0.4) is 0 Å². The summed E-state index contributed by atoms with van der Waals surface area (Å²) >= 11 is 0. The zero-order valence-corrected chi connectivity index (χ0v) is 19.7. The highest BCUT2D eigenvalue weighted by Gasteiger charge is 2.17. The maximum absolute atomic E-state index is 5.27. The molecule has 8 nitrogen and oxygen atoms in total. The van der Waals surface area contributed by atoms with Crippen molar-refractivity contribution in [3.63, 3.8) is 0 Å². The minimum absolute atomic E-state index is 0.697. The van der Waals surface area contributed by atoms with Crippen LogP contribution >= 0.6 is 0 Å². The number of hydrogen-bond donors (Lipinski definition) is 2. The monoisotopic (exact) mass is 475 g/mol. The molecule has 36 heavy (non-hydrogen) atoms. The van der Waals surface area contributed by atoms with Gasteiger partial charge in [-0.25, -0.2) is 4.98 Å². The molecule has 0 saturated carbocycles. The molecule has 6 aromatic rings. The van der Waals surface area contributed by atoms with Gasteiger partial charge in [0.05, 0.1) is 29.8 Å². The van der Waals surface area contributed by atoms with Crippen molar-refractivity contribution in [2.24, 2.45) is 0 Å². The number of nitrogens with one attached hydrogen (secondary N) is 2. The van der Waals surface area contributed by atoms with Crippen LogP contribution in [0.15, 0.2) is 72.1 Å². The quantitative estimate of drug-likeness (QED) is 0.326. The van der Waals surface area contributed by atoms with Gasteiger partial charge in [-0.2, -0.15) is 5.10 Å². The molecule has 178 valence electrons. The number of nitrogens with zero attached hydrogens (tertiary/aromatic N) is 5. The van der Waals surface area contributed by atoms with E-state index < -0.39 is 0 Å². The van der Waals surface area contributed by atoms with Crippen molar-refractivity contribution in [3.8, 4) is 33.8 Å². The number of benzene rings is 1. The Bertz CT molecular complexity index is 1660. The second-order valence-corrected chi connectivity index (χ2v) is 9.43. The molecule has 0 unspecified atom stereocenters. The van der Waals surface area contributed by atoms with E-state index in [0.29, 0.717) is 5.82 Å². The maximum atomic E-state index is 5.27. The van der Waals surface area contributed by atoms with Gasteiger partial charge in [0.25, 0.3) is 0 Å². The van der Waals surface area contributed by atoms with Crippen molar-refractivity contribution in [3.05, 3.63) is 73.2 Å². The lowest BCUT2D eigenvalue weighted by molar-refractivity contribution is 0.220. The Morgan fingerprint density at radius 2 is 1.78 bits per heavy atom. The summed E-state index contributed by atoms with van der Waals surface area (Å²) in [6.07, 6.45) is 14.8. The first-order valence-electron chi connectivity index (χ1n) is 12.3. The van der Waals surface area contributed by atoms with Gasteiger partial charge in [0, 0.05) is 47.2 Å². The maximum Gasteiger partial charge on any atom is 0.159 e. The van der Waals surface area contributed by atoms with Crippen LogP contribution in [0.25, 0.3) is 55.7 Å². The van der Waals surface area contributed by atoms with Crippen LogP contribution in [0, 0.1) is 0 Å². The number of hydrogen-bond acceptors (Lipinski definition) is 6. The molecule has 0 aliphatic carbocycles. The predicted octanol–water partition coefficient (Wildman–Crippen LogP) is 5.81.